The van der Waals surface area contributed by atoms with E-state index in [0.29, 0.717) is 11.3 Å². The van der Waals surface area contributed by atoms with Crippen LogP contribution in [0.1, 0.15) is 22.8 Å². The molecule has 26 heavy (non-hydrogen) atoms. The number of pyridine rings is 2. The Bertz CT molecular complexity index is 1140. The van der Waals surface area contributed by atoms with E-state index < -0.39 is 5.97 Å². The van der Waals surface area contributed by atoms with Crippen LogP contribution in [0.25, 0.3) is 21.7 Å². The number of carboxylic acids is 1. The summed E-state index contributed by atoms with van der Waals surface area (Å²) in [5.74, 6) is -0.282. The molecule has 0 unspecified atom stereocenters. The number of fused-ring (bicyclic) bond motifs is 3. The number of benzene rings is 2. The van der Waals surface area contributed by atoms with Crippen molar-refractivity contribution >= 4 is 39.1 Å². The quantitative estimate of drug-likeness (QED) is 0.521. The van der Waals surface area contributed by atoms with E-state index in [2.05, 4.69) is 29.4 Å². The maximum atomic E-state index is 11.3. The number of nitrogens with one attached hydrogen (secondary N) is 1. The molecule has 0 aliphatic rings. The van der Waals surface area contributed by atoms with Crippen LogP contribution in [0.15, 0.2) is 60.9 Å². The van der Waals surface area contributed by atoms with Crippen LogP contribution in [0, 0.1) is 0 Å². The Kier molecular flexibility index (Phi) is 3.97. The van der Waals surface area contributed by atoms with Gasteiger partial charge in [0.1, 0.15) is 5.82 Å². The minimum Gasteiger partial charge on any atom is -0.478 e. The molecule has 0 saturated carbocycles. The molecule has 128 valence electrons. The predicted octanol–water partition coefficient (Wildman–Crippen LogP) is 4.79. The molecular formula is C21H17N3O2. The predicted molar refractivity (Wildman–Crippen MR) is 103 cm³/mol. The lowest BCUT2D eigenvalue weighted by Gasteiger charge is -2.12. The van der Waals surface area contributed by atoms with Gasteiger partial charge in [-0.2, -0.15) is 0 Å². The fourth-order valence-corrected chi connectivity index (χ4v) is 3.08. The van der Waals surface area contributed by atoms with Crippen LogP contribution >= 0.6 is 0 Å². The second kappa shape index (κ2) is 6.44. The molecule has 4 rings (SSSR count). The highest BCUT2D eigenvalue weighted by atomic mass is 16.4. The van der Waals surface area contributed by atoms with Gasteiger partial charge in [-0.25, -0.2) is 9.78 Å². The van der Waals surface area contributed by atoms with Gasteiger partial charge in [-0.3, -0.25) is 4.98 Å². The molecule has 0 atom stereocenters. The number of carbonyl (C=O) groups is 1. The third-order valence-corrected chi connectivity index (χ3v) is 4.44. The van der Waals surface area contributed by atoms with Crippen molar-refractivity contribution in [2.75, 3.05) is 5.32 Å². The highest BCUT2D eigenvalue weighted by Crippen LogP contribution is 2.31. The van der Waals surface area contributed by atoms with Gasteiger partial charge in [-0.05, 0) is 42.3 Å². The molecule has 2 N–H and O–H groups in total. The van der Waals surface area contributed by atoms with Crippen LogP contribution in [0.5, 0.6) is 0 Å². The first-order valence-electron chi connectivity index (χ1n) is 8.42. The van der Waals surface area contributed by atoms with Crippen LogP contribution in [0.4, 0.5) is 11.5 Å². The first kappa shape index (κ1) is 16.0. The highest BCUT2D eigenvalue weighted by Gasteiger charge is 2.11. The van der Waals surface area contributed by atoms with E-state index in [1.807, 2.05) is 18.2 Å². The van der Waals surface area contributed by atoms with Crippen LogP contribution in [-0.2, 0) is 6.42 Å². The maximum absolute atomic E-state index is 11.3. The lowest BCUT2D eigenvalue weighted by atomic mass is 10.1. The summed E-state index contributed by atoms with van der Waals surface area (Å²) in [6.45, 7) is 2.11. The van der Waals surface area contributed by atoms with Crippen molar-refractivity contribution in [1.82, 2.24) is 9.97 Å². The zero-order valence-corrected chi connectivity index (χ0v) is 14.2. The molecule has 2 aromatic heterocycles. The van der Waals surface area contributed by atoms with Gasteiger partial charge < -0.3 is 10.4 Å². The molecule has 5 nitrogen and oxygen atoms in total. The molecule has 0 radical (unpaired) electrons. The largest absolute Gasteiger partial charge is 0.478 e. The molecule has 4 aromatic rings. The number of aromatic nitrogens is 2. The number of rotatable bonds is 4. The number of anilines is 2. The minimum atomic E-state index is -0.967. The number of aromatic carboxylic acids is 1. The topological polar surface area (TPSA) is 75.1 Å². The lowest BCUT2D eigenvalue weighted by molar-refractivity contribution is 0.0697. The van der Waals surface area contributed by atoms with Gasteiger partial charge in [0.2, 0.25) is 0 Å². The van der Waals surface area contributed by atoms with Crippen LogP contribution in [0.2, 0.25) is 0 Å². The molecule has 0 aliphatic carbocycles. The van der Waals surface area contributed by atoms with Gasteiger partial charge in [0.25, 0.3) is 0 Å². The van der Waals surface area contributed by atoms with Gasteiger partial charge in [0, 0.05) is 34.2 Å². The molecule has 5 heteroatoms. The smallest absolute Gasteiger partial charge is 0.335 e. The summed E-state index contributed by atoms with van der Waals surface area (Å²) in [5, 5.41) is 15.4. The third kappa shape index (κ3) is 2.84. The van der Waals surface area contributed by atoms with Gasteiger partial charge in [-0.1, -0.05) is 25.1 Å². The van der Waals surface area contributed by atoms with Gasteiger partial charge >= 0.3 is 5.97 Å². The third-order valence-electron chi connectivity index (χ3n) is 4.44. The molecule has 0 spiro atoms. The Morgan fingerprint density at radius 1 is 1.08 bits per heavy atom. The summed E-state index contributed by atoms with van der Waals surface area (Å²) in [6.07, 6.45) is 4.47. The first-order chi connectivity index (χ1) is 12.7. The Hall–Kier alpha value is -3.47. The molecule has 0 fully saturated rings. The molecule has 0 bridgehead atoms. The van der Waals surface area contributed by atoms with Crippen molar-refractivity contribution in [2.24, 2.45) is 0 Å². The van der Waals surface area contributed by atoms with Crippen molar-refractivity contribution in [2.45, 2.75) is 13.3 Å². The van der Waals surface area contributed by atoms with Crippen molar-refractivity contribution in [3.8, 4) is 0 Å². The van der Waals surface area contributed by atoms with Gasteiger partial charge in [0.05, 0.1) is 11.1 Å². The SMILES string of the molecule is CCc1cccc(Nc2nc3cc(C(=O)O)ccc3c3cnccc23)c1. The van der Waals surface area contributed by atoms with Gasteiger partial charge in [0.15, 0.2) is 0 Å². The van der Waals surface area contributed by atoms with Crippen molar-refractivity contribution in [3.63, 3.8) is 0 Å². The van der Waals surface area contributed by atoms with Gasteiger partial charge in [-0.15, -0.1) is 0 Å². The molecular weight excluding hydrogens is 326 g/mol. The Balaban J connectivity index is 1.92. The van der Waals surface area contributed by atoms with E-state index in [1.54, 1.807) is 30.6 Å². The van der Waals surface area contributed by atoms with E-state index in [1.165, 1.54) is 5.56 Å². The number of aryl methyl sites for hydroxylation is 1. The molecule has 0 saturated heterocycles. The van der Waals surface area contributed by atoms with Crippen LogP contribution in [0.3, 0.4) is 0 Å². The van der Waals surface area contributed by atoms with Crippen LogP contribution in [-0.4, -0.2) is 21.0 Å². The average molecular weight is 343 g/mol. The summed E-state index contributed by atoms with van der Waals surface area (Å²) in [4.78, 5) is 20.2. The number of hydrogen-bond acceptors (Lipinski definition) is 4. The first-order valence-corrected chi connectivity index (χ1v) is 8.42. The summed E-state index contributed by atoms with van der Waals surface area (Å²) < 4.78 is 0. The molecule has 0 amide bonds. The normalized spacial score (nSPS) is 11.0. The van der Waals surface area contributed by atoms with E-state index >= 15 is 0 Å². The fraction of sp³-hybridized carbons (Fsp3) is 0.0952. The van der Waals surface area contributed by atoms with Crippen LogP contribution < -0.4 is 5.32 Å². The number of carboxylic acid groups (broad SMARTS) is 1. The monoisotopic (exact) mass is 343 g/mol. The standard InChI is InChI=1S/C21H17N3O2/c1-2-13-4-3-5-15(10-13)23-20-17-8-9-22-12-18(17)16-7-6-14(21(25)26)11-19(16)24-20/h3-12H,2H2,1H3,(H,23,24)(H,25,26). The van der Waals surface area contributed by atoms with E-state index in [0.717, 1.165) is 28.3 Å². The summed E-state index contributed by atoms with van der Waals surface area (Å²) in [5.41, 5.74) is 3.02. The summed E-state index contributed by atoms with van der Waals surface area (Å²) in [6, 6.07) is 15.1. The number of hydrogen-bond donors (Lipinski definition) is 2. The lowest BCUT2D eigenvalue weighted by Crippen LogP contribution is -1.99. The summed E-state index contributed by atoms with van der Waals surface area (Å²) >= 11 is 0. The van der Waals surface area contributed by atoms with E-state index in [9.17, 15) is 9.90 Å². The molecule has 2 heterocycles. The Morgan fingerprint density at radius 3 is 2.77 bits per heavy atom. The minimum absolute atomic E-state index is 0.215. The molecule has 0 aliphatic heterocycles. The second-order valence-electron chi connectivity index (χ2n) is 6.10. The Labute approximate surface area is 150 Å². The fourth-order valence-electron chi connectivity index (χ4n) is 3.08. The average Bonchev–Trinajstić information content (AvgIpc) is 2.68. The molecule has 2 aromatic carbocycles. The van der Waals surface area contributed by atoms with E-state index in [4.69, 9.17) is 4.98 Å². The second-order valence-corrected chi connectivity index (χ2v) is 6.10. The Morgan fingerprint density at radius 2 is 1.96 bits per heavy atom. The van der Waals surface area contributed by atoms with Crippen molar-refractivity contribution < 1.29 is 9.90 Å². The zero-order valence-electron chi connectivity index (χ0n) is 14.2. The highest BCUT2D eigenvalue weighted by molar-refractivity contribution is 6.11. The zero-order chi connectivity index (χ0) is 18.1. The van der Waals surface area contributed by atoms with Crippen molar-refractivity contribution in [3.05, 3.63) is 72.1 Å². The van der Waals surface area contributed by atoms with E-state index in [-0.39, 0.29) is 5.56 Å². The maximum Gasteiger partial charge on any atom is 0.335 e. The van der Waals surface area contributed by atoms with Crippen molar-refractivity contribution in [1.29, 1.82) is 0 Å². The number of nitrogens with zero attached hydrogens (tertiary/aromatic N) is 2. The summed E-state index contributed by atoms with van der Waals surface area (Å²) in [7, 11) is 0.